The molecule has 0 saturated carbocycles. The standard InChI is InChI=1S/C10H14NO3P/c12-7-6-9(14-15)10(13)11-8-4-2-1-3-5-8/h1-5,9,12H,6-7,15H2,(H,11,13). The Kier molecular flexibility index (Phi) is 5.26. The molecule has 0 fully saturated rings. The maximum atomic E-state index is 11.6. The van der Waals surface area contributed by atoms with Gasteiger partial charge in [-0.3, -0.25) is 4.79 Å². The Bertz CT molecular complexity index is 305. The predicted octanol–water partition coefficient (Wildman–Crippen LogP) is 1.18. The first-order chi connectivity index (χ1) is 7.27. The van der Waals surface area contributed by atoms with Gasteiger partial charge in [0.25, 0.3) is 5.91 Å². The van der Waals surface area contributed by atoms with Crippen LogP contribution < -0.4 is 5.32 Å². The summed E-state index contributed by atoms with van der Waals surface area (Å²) in [6.45, 7) is -0.0821. The minimum absolute atomic E-state index is 0.0821. The van der Waals surface area contributed by atoms with Crippen LogP contribution in [-0.2, 0) is 9.32 Å². The molecule has 5 heteroatoms. The van der Waals surface area contributed by atoms with Crippen LogP contribution in [0.3, 0.4) is 0 Å². The van der Waals surface area contributed by atoms with Crippen molar-refractivity contribution in [1.82, 2.24) is 0 Å². The van der Waals surface area contributed by atoms with Gasteiger partial charge in [0.1, 0.15) is 6.10 Å². The van der Waals surface area contributed by atoms with E-state index in [2.05, 4.69) is 5.32 Å². The largest absolute Gasteiger partial charge is 0.396 e. The molecule has 0 bridgehead atoms. The van der Waals surface area contributed by atoms with Crippen LogP contribution in [0.1, 0.15) is 6.42 Å². The summed E-state index contributed by atoms with van der Waals surface area (Å²) in [5.41, 5.74) is 0.715. The molecule has 0 saturated heterocycles. The van der Waals surface area contributed by atoms with Gasteiger partial charge in [-0.2, -0.15) is 0 Å². The number of carbonyl (C=O) groups is 1. The molecule has 2 atom stereocenters. The van der Waals surface area contributed by atoms with Crippen LogP contribution in [0.2, 0.25) is 0 Å². The Balaban J connectivity index is 2.54. The molecule has 82 valence electrons. The third-order valence-corrected chi connectivity index (χ3v) is 2.22. The molecule has 0 radical (unpaired) electrons. The lowest BCUT2D eigenvalue weighted by Gasteiger charge is -2.13. The number of rotatable bonds is 5. The van der Waals surface area contributed by atoms with Crippen LogP contribution in [0.4, 0.5) is 5.69 Å². The van der Waals surface area contributed by atoms with Gasteiger partial charge in [-0.1, -0.05) is 18.2 Å². The Morgan fingerprint density at radius 1 is 1.47 bits per heavy atom. The van der Waals surface area contributed by atoms with E-state index in [1.165, 1.54) is 0 Å². The van der Waals surface area contributed by atoms with Crippen molar-refractivity contribution in [2.75, 3.05) is 11.9 Å². The summed E-state index contributed by atoms with van der Waals surface area (Å²) in [4.78, 5) is 11.6. The Hall–Kier alpha value is -0.960. The third kappa shape index (κ3) is 3.96. The van der Waals surface area contributed by atoms with Crippen LogP contribution in [-0.4, -0.2) is 23.7 Å². The molecule has 1 rings (SSSR count). The van der Waals surface area contributed by atoms with Crippen molar-refractivity contribution < 1.29 is 14.4 Å². The molecule has 2 N–H and O–H groups in total. The van der Waals surface area contributed by atoms with Crippen molar-refractivity contribution in [2.24, 2.45) is 0 Å². The highest BCUT2D eigenvalue weighted by molar-refractivity contribution is 7.09. The molecule has 1 amide bonds. The summed E-state index contributed by atoms with van der Waals surface area (Å²) >= 11 is 0. The highest BCUT2D eigenvalue weighted by Crippen LogP contribution is 2.09. The van der Waals surface area contributed by atoms with Crippen molar-refractivity contribution in [3.8, 4) is 0 Å². The molecule has 0 aliphatic carbocycles. The number of hydrogen-bond acceptors (Lipinski definition) is 3. The number of carbonyl (C=O) groups excluding carboxylic acids is 1. The number of benzene rings is 1. The second kappa shape index (κ2) is 6.51. The van der Waals surface area contributed by atoms with Gasteiger partial charge in [-0.15, -0.1) is 0 Å². The maximum absolute atomic E-state index is 11.6. The molecule has 15 heavy (non-hydrogen) atoms. The van der Waals surface area contributed by atoms with Crippen LogP contribution in [0.25, 0.3) is 0 Å². The number of nitrogens with one attached hydrogen (secondary N) is 1. The average molecular weight is 227 g/mol. The molecule has 0 aromatic heterocycles. The van der Waals surface area contributed by atoms with Crippen molar-refractivity contribution in [3.63, 3.8) is 0 Å². The minimum atomic E-state index is -0.639. The Labute approximate surface area is 90.9 Å². The van der Waals surface area contributed by atoms with Crippen molar-refractivity contribution in [2.45, 2.75) is 12.5 Å². The van der Waals surface area contributed by atoms with Crippen LogP contribution in [0.5, 0.6) is 0 Å². The highest BCUT2D eigenvalue weighted by atomic mass is 31.0. The molecule has 0 heterocycles. The summed E-state index contributed by atoms with van der Waals surface area (Å²) in [7, 11) is 2.03. The van der Waals surface area contributed by atoms with Crippen molar-refractivity contribution in [1.29, 1.82) is 0 Å². The molecule has 0 aliphatic heterocycles. The first-order valence-electron chi connectivity index (χ1n) is 4.60. The number of para-hydroxylation sites is 1. The zero-order chi connectivity index (χ0) is 11.1. The van der Waals surface area contributed by atoms with E-state index in [-0.39, 0.29) is 18.9 Å². The fourth-order valence-corrected chi connectivity index (χ4v) is 1.38. The van der Waals surface area contributed by atoms with E-state index in [0.29, 0.717) is 5.69 Å². The molecule has 2 unspecified atom stereocenters. The first-order valence-corrected chi connectivity index (χ1v) is 5.07. The van der Waals surface area contributed by atoms with Crippen LogP contribution in [0, 0.1) is 0 Å². The van der Waals surface area contributed by atoms with Gasteiger partial charge in [0, 0.05) is 28.2 Å². The highest BCUT2D eigenvalue weighted by Gasteiger charge is 2.16. The van der Waals surface area contributed by atoms with E-state index < -0.39 is 6.10 Å². The van der Waals surface area contributed by atoms with Crippen LogP contribution in [0.15, 0.2) is 30.3 Å². The number of aliphatic hydroxyl groups excluding tert-OH is 1. The first kappa shape index (κ1) is 12.1. The summed E-state index contributed by atoms with van der Waals surface area (Å²) in [5, 5.41) is 11.4. The SMILES string of the molecule is O=C(Nc1ccccc1)C(CCO)OP. The minimum Gasteiger partial charge on any atom is -0.396 e. The Morgan fingerprint density at radius 2 is 2.13 bits per heavy atom. The number of hydrogen-bond donors (Lipinski definition) is 2. The molecule has 0 spiro atoms. The molecule has 4 nitrogen and oxygen atoms in total. The average Bonchev–Trinajstić information content (AvgIpc) is 2.27. The van der Waals surface area contributed by atoms with Gasteiger partial charge in [-0.05, 0) is 12.1 Å². The maximum Gasteiger partial charge on any atom is 0.253 e. The van der Waals surface area contributed by atoms with Gasteiger partial charge < -0.3 is 14.9 Å². The van der Waals surface area contributed by atoms with E-state index in [4.69, 9.17) is 9.63 Å². The normalized spacial score (nSPS) is 12.1. The summed E-state index contributed by atoms with van der Waals surface area (Å²) in [6, 6.07) is 9.11. The van der Waals surface area contributed by atoms with Gasteiger partial charge >= 0.3 is 0 Å². The zero-order valence-electron chi connectivity index (χ0n) is 8.22. The second-order valence-electron chi connectivity index (χ2n) is 2.99. The molecular formula is C10H14NO3P. The lowest BCUT2D eigenvalue weighted by molar-refractivity contribution is -0.122. The number of anilines is 1. The summed E-state index contributed by atoms with van der Waals surface area (Å²) in [6.07, 6.45) is -0.359. The molecule has 1 aromatic carbocycles. The zero-order valence-corrected chi connectivity index (χ0v) is 9.37. The topological polar surface area (TPSA) is 58.6 Å². The van der Waals surface area contributed by atoms with Gasteiger partial charge in [-0.25, -0.2) is 0 Å². The fraction of sp³-hybridized carbons (Fsp3) is 0.300. The van der Waals surface area contributed by atoms with Crippen molar-refractivity contribution in [3.05, 3.63) is 30.3 Å². The number of amides is 1. The summed E-state index contributed by atoms with van der Waals surface area (Å²) in [5.74, 6) is -0.259. The van der Waals surface area contributed by atoms with E-state index in [9.17, 15) is 4.79 Å². The molecular weight excluding hydrogens is 213 g/mol. The van der Waals surface area contributed by atoms with Gasteiger partial charge in [0.15, 0.2) is 0 Å². The molecule has 1 aromatic rings. The van der Waals surface area contributed by atoms with Gasteiger partial charge in [0.05, 0.1) is 0 Å². The molecule has 0 aliphatic rings. The second-order valence-corrected chi connectivity index (χ2v) is 3.26. The fourth-order valence-electron chi connectivity index (χ4n) is 1.12. The quantitative estimate of drug-likeness (QED) is 0.743. The lowest BCUT2D eigenvalue weighted by Crippen LogP contribution is -2.29. The van der Waals surface area contributed by atoms with E-state index in [1.807, 2.05) is 27.7 Å². The van der Waals surface area contributed by atoms with Crippen LogP contribution >= 0.6 is 9.47 Å². The summed E-state index contributed by atoms with van der Waals surface area (Å²) < 4.78 is 4.87. The van der Waals surface area contributed by atoms with Crippen molar-refractivity contribution >= 4 is 21.1 Å². The predicted molar refractivity (Wildman–Crippen MR) is 61.4 cm³/mol. The van der Waals surface area contributed by atoms with Gasteiger partial charge in [0.2, 0.25) is 0 Å². The van der Waals surface area contributed by atoms with E-state index in [1.54, 1.807) is 12.1 Å². The van der Waals surface area contributed by atoms with E-state index in [0.717, 1.165) is 0 Å². The number of aliphatic hydroxyl groups is 1. The smallest absolute Gasteiger partial charge is 0.253 e. The monoisotopic (exact) mass is 227 g/mol. The lowest BCUT2D eigenvalue weighted by atomic mass is 10.2. The van der Waals surface area contributed by atoms with E-state index >= 15 is 0 Å². The Morgan fingerprint density at radius 3 is 2.67 bits per heavy atom. The third-order valence-electron chi connectivity index (χ3n) is 1.89.